The number of thiazole rings is 1. The summed E-state index contributed by atoms with van der Waals surface area (Å²) in [5.41, 5.74) is 1.58. The lowest BCUT2D eigenvalue weighted by atomic mass is 10.2. The summed E-state index contributed by atoms with van der Waals surface area (Å²) in [6, 6.07) is 4.88. The third-order valence-electron chi connectivity index (χ3n) is 2.20. The Labute approximate surface area is 116 Å². The van der Waals surface area contributed by atoms with Gasteiger partial charge in [0.2, 0.25) is 0 Å². The summed E-state index contributed by atoms with van der Waals surface area (Å²) in [7, 11) is -3.61. The topological polar surface area (TPSA) is 56.3 Å². The Bertz CT molecular complexity index is 681. The number of rotatable bonds is 4. The van der Waals surface area contributed by atoms with E-state index in [9.17, 15) is 21.6 Å². The van der Waals surface area contributed by atoms with Crippen molar-refractivity contribution in [3.8, 4) is 5.75 Å². The highest BCUT2D eigenvalue weighted by Crippen LogP contribution is 2.25. The van der Waals surface area contributed by atoms with Crippen molar-refractivity contribution in [1.82, 2.24) is 4.98 Å². The van der Waals surface area contributed by atoms with Crippen LogP contribution in [0.5, 0.6) is 5.75 Å². The van der Waals surface area contributed by atoms with Crippen LogP contribution >= 0.6 is 11.3 Å². The molecule has 0 fully saturated rings. The largest absolute Gasteiger partial charge is 0.573 e. The van der Waals surface area contributed by atoms with Crippen molar-refractivity contribution >= 4 is 21.2 Å². The van der Waals surface area contributed by atoms with Gasteiger partial charge in [0.25, 0.3) is 0 Å². The molecule has 0 saturated carbocycles. The van der Waals surface area contributed by atoms with E-state index in [0.717, 1.165) is 23.5 Å². The Hall–Kier alpha value is -1.61. The number of ether oxygens (including phenoxy) is 1. The van der Waals surface area contributed by atoms with Crippen LogP contribution < -0.4 is 4.74 Å². The van der Waals surface area contributed by atoms with Crippen LogP contribution in [0.2, 0.25) is 0 Å². The smallest absolute Gasteiger partial charge is 0.406 e. The summed E-state index contributed by atoms with van der Waals surface area (Å²) in [6.07, 6.45) is -3.61. The van der Waals surface area contributed by atoms with Gasteiger partial charge in [0.05, 0.1) is 17.5 Å². The van der Waals surface area contributed by atoms with E-state index in [4.69, 9.17) is 0 Å². The van der Waals surface area contributed by atoms with E-state index in [0.29, 0.717) is 0 Å². The van der Waals surface area contributed by atoms with E-state index < -0.39 is 27.7 Å². The zero-order valence-corrected chi connectivity index (χ0v) is 11.4. The lowest BCUT2D eigenvalue weighted by Gasteiger charge is -2.09. The quantitative estimate of drug-likeness (QED) is 0.868. The summed E-state index contributed by atoms with van der Waals surface area (Å²) in [6.45, 7) is 0. The Balaban J connectivity index is 2.21. The summed E-state index contributed by atoms with van der Waals surface area (Å²) < 4.78 is 64.0. The second kappa shape index (κ2) is 5.41. The molecule has 2 rings (SSSR count). The lowest BCUT2D eigenvalue weighted by Crippen LogP contribution is -2.17. The van der Waals surface area contributed by atoms with Crippen molar-refractivity contribution in [1.29, 1.82) is 0 Å². The molecule has 0 aliphatic heterocycles. The molecule has 0 aliphatic carbocycles. The van der Waals surface area contributed by atoms with Gasteiger partial charge in [0.15, 0.2) is 9.84 Å². The van der Waals surface area contributed by atoms with Gasteiger partial charge in [-0.2, -0.15) is 0 Å². The minimum absolute atomic E-state index is 0.0691. The van der Waals surface area contributed by atoms with Crippen molar-refractivity contribution in [2.24, 2.45) is 0 Å². The maximum Gasteiger partial charge on any atom is 0.573 e. The molecule has 0 amide bonds. The number of hydrogen-bond acceptors (Lipinski definition) is 5. The molecule has 0 spiro atoms. The SMILES string of the molecule is O=S(=O)(Cc1cccc(OC(F)(F)F)c1)c1cncs1. The maximum atomic E-state index is 12.1. The van der Waals surface area contributed by atoms with Gasteiger partial charge in [-0.25, -0.2) is 8.42 Å². The molecule has 0 saturated heterocycles. The molecule has 1 aromatic heterocycles. The van der Waals surface area contributed by atoms with Crippen LogP contribution in [0.25, 0.3) is 0 Å². The van der Waals surface area contributed by atoms with E-state index in [1.54, 1.807) is 0 Å². The Kier molecular flexibility index (Phi) is 4.00. The van der Waals surface area contributed by atoms with Gasteiger partial charge in [-0.05, 0) is 17.7 Å². The molecule has 0 aliphatic rings. The summed E-state index contributed by atoms with van der Waals surface area (Å²) in [4.78, 5) is 3.66. The monoisotopic (exact) mass is 323 g/mol. The van der Waals surface area contributed by atoms with Crippen LogP contribution in [0.3, 0.4) is 0 Å². The lowest BCUT2D eigenvalue weighted by molar-refractivity contribution is -0.274. The van der Waals surface area contributed by atoms with Crippen LogP contribution in [-0.4, -0.2) is 19.8 Å². The average molecular weight is 323 g/mol. The number of halogens is 3. The maximum absolute atomic E-state index is 12.1. The summed E-state index contributed by atoms with van der Waals surface area (Å²) in [5.74, 6) is -0.862. The molecular formula is C11H8F3NO3S2. The fourth-order valence-electron chi connectivity index (χ4n) is 1.48. The normalized spacial score (nSPS) is 12.3. The van der Waals surface area contributed by atoms with Crippen LogP contribution in [0, 0.1) is 0 Å². The number of alkyl halides is 3. The Morgan fingerprint density at radius 1 is 1.30 bits per heavy atom. The Morgan fingerprint density at radius 3 is 2.65 bits per heavy atom. The van der Waals surface area contributed by atoms with E-state index in [1.165, 1.54) is 23.8 Å². The predicted octanol–water partition coefficient (Wildman–Crippen LogP) is 3.02. The molecule has 1 heterocycles. The third-order valence-corrected chi connectivity index (χ3v) is 5.25. The molecule has 0 bridgehead atoms. The second-order valence-electron chi connectivity index (χ2n) is 3.77. The highest BCUT2D eigenvalue weighted by atomic mass is 32.2. The molecule has 1 aromatic carbocycles. The Morgan fingerprint density at radius 2 is 2.05 bits per heavy atom. The van der Waals surface area contributed by atoms with Crippen molar-refractivity contribution in [2.45, 2.75) is 16.3 Å². The zero-order chi connectivity index (χ0) is 14.8. The standard InChI is InChI=1S/C11H8F3NO3S2/c12-11(13,14)18-9-3-1-2-8(4-9)6-20(16,17)10-5-15-7-19-10/h1-5,7H,6H2. The van der Waals surface area contributed by atoms with Gasteiger partial charge < -0.3 is 4.74 Å². The summed E-state index contributed by atoms with van der Waals surface area (Å²) >= 11 is 0.953. The number of nitrogens with zero attached hydrogens (tertiary/aromatic N) is 1. The van der Waals surface area contributed by atoms with Crippen molar-refractivity contribution < 1.29 is 26.3 Å². The molecule has 9 heteroatoms. The molecule has 0 atom stereocenters. The van der Waals surface area contributed by atoms with Crippen molar-refractivity contribution in [2.75, 3.05) is 0 Å². The number of benzene rings is 1. The molecule has 108 valence electrons. The van der Waals surface area contributed by atoms with Gasteiger partial charge >= 0.3 is 6.36 Å². The van der Waals surface area contributed by atoms with E-state index in [-0.39, 0.29) is 9.77 Å². The van der Waals surface area contributed by atoms with E-state index in [2.05, 4.69) is 9.72 Å². The molecule has 2 aromatic rings. The zero-order valence-electron chi connectivity index (χ0n) is 9.79. The van der Waals surface area contributed by atoms with Crippen LogP contribution in [0.1, 0.15) is 5.56 Å². The van der Waals surface area contributed by atoms with Crippen molar-refractivity contribution in [3.63, 3.8) is 0 Å². The van der Waals surface area contributed by atoms with Gasteiger partial charge in [0, 0.05) is 0 Å². The van der Waals surface area contributed by atoms with E-state index in [1.807, 2.05) is 0 Å². The first-order valence-corrected chi connectivity index (χ1v) is 7.75. The first-order chi connectivity index (χ1) is 9.26. The first-order valence-electron chi connectivity index (χ1n) is 5.22. The predicted molar refractivity (Wildman–Crippen MR) is 66.1 cm³/mol. The van der Waals surface area contributed by atoms with Crippen molar-refractivity contribution in [3.05, 3.63) is 41.5 Å². The molecular weight excluding hydrogens is 315 g/mol. The minimum Gasteiger partial charge on any atom is -0.406 e. The molecule has 0 N–H and O–H groups in total. The van der Waals surface area contributed by atoms with Gasteiger partial charge in [-0.1, -0.05) is 12.1 Å². The number of sulfone groups is 1. The average Bonchev–Trinajstić information content (AvgIpc) is 2.80. The fraction of sp³-hybridized carbons (Fsp3) is 0.182. The number of hydrogen-bond donors (Lipinski definition) is 0. The second-order valence-corrected chi connectivity index (χ2v) is 6.88. The van der Waals surface area contributed by atoms with Gasteiger partial charge in [0.1, 0.15) is 9.96 Å². The fourth-order valence-corrected chi connectivity index (χ4v) is 3.70. The van der Waals surface area contributed by atoms with Gasteiger partial charge in [-0.3, -0.25) is 4.98 Å². The first kappa shape index (κ1) is 14.8. The number of aromatic nitrogens is 1. The highest BCUT2D eigenvalue weighted by Gasteiger charge is 2.31. The molecule has 0 radical (unpaired) electrons. The van der Waals surface area contributed by atoms with Gasteiger partial charge in [-0.15, -0.1) is 24.5 Å². The molecule has 0 unspecified atom stereocenters. The molecule has 4 nitrogen and oxygen atoms in total. The van der Waals surface area contributed by atoms with Crippen LogP contribution in [-0.2, 0) is 15.6 Å². The third kappa shape index (κ3) is 3.94. The van der Waals surface area contributed by atoms with Crippen LogP contribution in [0.4, 0.5) is 13.2 Å². The summed E-state index contributed by atoms with van der Waals surface area (Å²) in [5, 5.41) is 0. The van der Waals surface area contributed by atoms with E-state index >= 15 is 0 Å². The molecule has 20 heavy (non-hydrogen) atoms. The van der Waals surface area contributed by atoms with Crippen LogP contribution in [0.15, 0.2) is 40.2 Å². The minimum atomic E-state index is -4.81. The highest BCUT2D eigenvalue weighted by molar-refractivity contribution is 7.92.